The monoisotopic (exact) mass is 268 g/mol. The molecule has 4 N–H and O–H groups in total. The maximum atomic E-state index is 6.04. The quantitative estimate of drug-likeness (QED) is 0.798. The van der Waals surface area contributed by atoms with E-state index in [1.165, 1.54) is 0 Å². The Morgan fingerprint density at radius 3 is 2.22 bits per heavy atom. The topological polar surface area (TPSA) is 87.0 Å². The number of anilines is 2. The second kappa shape index (κ2) is 4.28. The molecule has 1 saturated heterocycles. The largest absolute Gasteiger partial charge is 0.383 e. The summed E-state index contributed by atoms with van der Waals surface area (Å²) in [4.78, 5) is 8.41. The Balaban J connectivity index is 2.19. The van der Waals surface area contributed by atoms with Crippen molar-refractivity contribution in [2.75, 3.05) is 11.5 Å². The molecular formula is C12H20N4OS. The van der Waals surface area contributed by atoms with E-state index in [2.05, 4.69) is 37.7 Å². The molecule has 1 aliphatic rings. The van der Waals surface area contributed by atoms with E-state index in [1.807, 2.05) is 0 Å². The molecule has 1 aliphatic heterocycles. The summed E-state index contributed by atoms with van der Waals surface area (Å²) >= 11 is 1.58. The molecule has 18 heavy (non-hydrogen) atoms. The van der Waals surface area contributed by atoms with Crippen LogP contribution in [0.15, 0.2) is 11.2 Å². The number of hydrogen-bond donors (Lipinski definition) is 2. The van der Waals surface area contributed by atoms with Gasteiger partial charge in [-0.05, 0) is 34.1 Å². The predicted octanol–water partition coefficient (Wildman–Crippen LogP) is 2.08. The Morgan fingerprint density at radius 1 is 1.22 bits per heavy atom. The Labute approximate surface area is 112 Å². The summed E-state index contributed by atoms with van der Waals surface area (Å²) in [6.07, 6.45) is 0.947. The summed E-state index contributed by atoms with van der Waals surface area (Å²) in [7, 11) is 0. The zero-order valence-corrected chi connectivity index (χ0v) is 12.0. The summed E-state index contributed by atoms with van der Waals surface area (Å²) in [5, 5.41) is 0.903. The SMILES string of the molecule is CC1(C)CC(Sc2nc(N)cc(N)n2)C(C)(C)O1. The second-order valence-electron chi connectivity index (χ2n) is 5.78. The van der Waals surface area contributed by atoms with Crippen LogP contribution < -0.4 is 11.5 Å². The molecule has 0 radical (unpaired) electrons. The van der Waals surface area contributed by atoms with E-state index in [0.29, 0.717) is 16.8 Å². The van der Waals surface area contributed by atoms with E-state index in [0.717, 1.165) is 6.42 Å². The van der Waals surface area contributed by atoms with Crippen LogP contribution >= 0.6 is 11.8 Å². The van der Waals surface area contributed by atoms with Crippen LogP contribution in [0.2, 0.25) is 0 Å². The molecule has 0 aromatic carbocycles. The standard InChI is InChI=1S/C12H20N4OS/c1-11(2)6-7(12(3,4)17-11)18-10-15-8(13)5-9(14)16-10/h5,7H,6H2,1-4H3,(H4,13,14,15,16). The maximum Gasteiger partial charge on any atom is 0.191 e. The summed E-state index contributed by atoms with van der Waals surface area (Å²) in [5.74, 6) is 0.807. The molecule has 0 aliphatic carbocycles. The minimum absolute atomic E-state index is 0.118. The molecule has 1 aromatic heterocycles. The van der Waals surface area contributed by atoms with E-state index < -0.39 is 0 Å². The van der Waals surface area contributed by atoms with Crippen molar-refractivity contribution in [2.45, 2.75) is 55.7 Å². The highest BCUT2D eigenvalue weighted by molar-refractivity contribution is 7.99. The number of rotatable bonds is 2. The van der Waals surface area contributed by atoms with Crippen LogP contribution in [0.3, 0.4) is 0 Å². The third-order valence-electron chi connectivity index (χ3n) is 2.98. The number of aromatic nitrogens is 2. The van der Waals surface area contributed by atoms with Gasteiger partial charge >= 0.3 is 0 Å². The van der Waals surface area contributed by atoms with E-state index in [9.17, 15) is 0 Å². The molecule has 1 aromatic rings. The van der Waals surface area contributed by atoms with E-state index in [1.54, 1.807) is 17.8 Å². The number of nitrogens with two attached hydrogens (primary N) is 2. The minimum Gasteiger partial charge on any atom is -0.383 e. The summed E-state index contributed by atoms with van der Waals surface area (Å²) in [6, 6.07) is 1.56. The summed E-state index contributed by atoms with van der Waals surface area (Å²) in [5.41, 5.74) is 11.0. The maximum absolute atomic E-state index is 6.04. The summed E-state index contributed by atoms with van der Waals surface area (Å²) < 4.78 is 6.04. The fourth-order valence-corrected chi connectivity index (χ4v) is 3.72. The van der Waals surface area contributed by atoms with Crippen molar-refractivity contribution >= 4 is 23.4 Å². The molecular weight excluding hydrogens is 248 g/mol. The Morgan fingerprint density at radius 2 is 1.78 bits per heavy atom. The molecule has 0 spiro atoms. The van der Waals surface area contributed by atoms with Crippen LogP contribution in [-0.2, 0) is 4.74 Å². The molecule has 100 valence electrons. The lowest BCUT2D eigenvalue weighted by atomic mass is 10.0. The predicted molar refractivity (Wildman–Crippen MR) is 74.4 cm³/mol. The number of nitrogen functional groups attached to an aromatic ring is 2. The highest BCUT2D eigenvalue weighted by Crippen LogP contribution is 2.45. The fourth-order valence-electron chi connectivity index (χ4n) is 2.34. The van der Waals surface area contributed by atoms with E-state index in [4.69, 9.17) is 16.2 Å². The van der Waals surface area contributed by atoms with Gasteiger partial charge in [0.2, 0.25) is 0 Å². The molecule has 6 heteroatoms. The van der Waals surface area contributed by atoms with Gasteiger partial charge in [0, 0.05) is 11.3 Å². The first-order valence-electron chi connectivity index (χ1n) is 5.95. The first-order chi connectivity index (χ1) is 8.18. The molecule has 0 bridgehead atoms. The Bertz CT molecular complexity index is 441. The van der Waals surface area contributed by atoms with Crippen molar-refractivity contribution in [1.82, 2.24) is 9.97 Å². The van der Waals surface area contributed by atoms with Crippen molar-refractivity contribution in [1.29, 1.82) is 0 Å². The lowest BCUT2D eigenvalue weighted by Gasteiger charge is -2.26. The molecule has 0 saturated carbocycles. The van der Waals surface area contributed by atoms with Gasteiger partial charge in [0.05, 0.1) is 11.2 Å². The Hall–Kier alpha value is -1.01. The molecule has 2 rings (SSSR count). The molecule has 1 unspecified atom stereocenters. The zero-order chi connectivity index (χ0) is 13.6. The highest BCUT2D eigenvalue weighted by atomic mass is 32.2. The number of nitrogens with zero attached hydrogens (tertiary/aromatic N) is 2. The van der Waals surface area contributed by atoms with Gasteiger partial charge in [0.25, 0.3) is 0 Å². The van der Waals surface area contributed by atoms with Gasteiger partial charge in [-0.15, -0.1) is 0 Å². The van der Waals surface area contributed by atoms with Crippen molar-refractivity contribution in [3.8, 4) is 0 Å². The lowest BCUT2D eigenvalue weighted by molar-refractivity contribution is -0.0631. The molecule has 1 atom stereocenters. The highest BCUT2D eigenvalue weighted by Gasteiger charge is 2.46. The number of thioether (sulfide) groups is 1. The lowest BCUT2D eigenvalue weighted by Crippen LogP contribution is -2.31. The van der Waals surface area contributed by atoms with Gasteiger partial charge in [-0.25, -0.2) is 9.97 Å². The van der Waals surface area contributed by atoms with Crippen LogP contribution in [-0.4, -0.2) is 26.4 Å². The zero-order valence-electron chi connectivity index (χ0n) is 11.2. The fraction of sp³-hybridized carbons (Fsp3) is 0.667. The van der Waals surface area contributed by atoms with Crippen LogP contribution in [0.1, 0.15) is 34.1 Å². The van der Waals surface area contributed by atoms with Gasteiger partial charge in [0.15, 0.2) is 5.16 Å². The van der Waals surface area contributed by atoms with Crippen LogP contribution in [0.25, 0.3) is 0 Å². The average molecular weight is 268 g/mol. The van der Waals surface area contributed by atoms with Gasteiger partial charge in [-0.2, -0.15) is 0 Å². The molecule has 2 heterocycles. The van der Waals surface area contributed by atoms with Gasteiger partial charge in [-0.3, -0.25) is 0 Å². The average Bonchev–Trinajstić information content (AvgIpc) is 2.31. The smallest absolute Gasteiger partial charge is 0.191 e. The minimum atomic E-state index is -0.211. The third-order valence-corrected chi connectivity index (χ3v) is 4.40. The van der Waals surface area contributed by atoms with Gasteiger partial charge in [0.1, 0.15) is 11.6 Å². The van der Waals surface area contributed by atoms with Crippen molar-refractivity contribution < 1.29 is 4.74 Å². The van der Waals surface area contributed by atoms with Gasteiger partial charge in [-0.1, -0.05) is 11.8 Å². The molecule has 0 amide bonds. The van der Waals surface area contributed by atoms with Crippen molar-refractivity contribution in [2.24, 2.45) is 0 Å². The molecule has 1 fully saturated rings. The van der Waals surface area contributed by atoms with Crippen molar-refractivity contribution in [3.05, 3.63) is 6.07 Å². The van der Waals surface area contributed by atoms with E-state index in [-0.39, 0.29) is 16.5 Å². The first-order valence-corrected chi connectivity index (χ1v) is 6.83. The second-order valence-corrected chi connectivity index (χ2v) is 6.95. The van der Waals surface area contributed by atoms with Crippen molar-refractivity contribution in [3.63, 3.8) is 0 Å². The van der Waals surface area contributed by atoms with Crippen LogP contribution in [0, 0.1) is 0 Å². The van der Waals surface area contributed by atoms with E-state index >= 15 is 0 Å². The number of ether oxygens (including phenoxy) is 1. The Kier molecular flexibility index (Phi) is 3.19. The van der Waals surface area contributed by atoms with Crippen LogP contribution in [0.5, 0.6) is 0 Å². The summed E-state index contributed by atoms with van der Waals surface area (Å²) in [6.45, 7) is 8.39. The van der Waals surface area contributed by atoms with Gasteiger partial charge < -0.3 is 16.2 Å². The normalized spacial score (nSPS) is 25.2. The number of hydrogen-bond acceptors (Lipinski definition) is 6. The third kappa shape index (κ3) is 2.87. The first kappa shape index (κ1) is 13.4. The molecule has 5 nitrogen and oxygen atoms in total. The van der Waals surface area contributed by atoms with Crippen LogP contribution in [0.4, 0.5) is 11.6 Å².